The van der Waals surface area contributed by atoms with Crippen molar-refractivity contribution < 1.29 is 9.59 Å². The van der Waals surface area contributed by atoms with Crippen LogP contribution in [0, 0.1) is 0 Å². The number of carbonyl (C=O) groups excluding carboxylic acids is 2. The van der Waals surface area contributed by atoms with Crippen LogP contribution < -0.4 is 16.0 Å². The van der Waals surface area contributed by atoms with Gasteiger partial charge in [0.2, 0.25) is 11.8 Å². The van der Waals surface area contributed by atoms with Crippen LogP contribution in [0.3, 0.4) is 0 Å². The summed E-state index contributed by atoms with van der Waals surface area (Å²) in [5, 5.41) is 3.09. The van der Waals surface area contributed by atoms with Crippen LogP contribution >= 0.6 is 0 Å². The zero-order chi connectivity index (χ0) is 13.1. The first kappa shape index (κ1) is 12.6. The molecule has 0 aliphatic carbocycles. The highest BCUT2D eigenvalue weighted by molar-refractivity contribution is 6.04. The third-order valence-electron chi connectivity index (χ3n) is 3.06. The van der Waals surface area contributed by atoms with Gasteiger partial charge in [-0.05, 0) is 37.2 Å². The topological polar surface area (TPSA) is 75.4 Å². The molecule has 0 atom stereocenters. The van der Waals surface area contributed by atoms with Gasteiger partial charge in [0.05, 0.1) is 6.42 Å². The van der Waals surface area contributed by atoms with Crippen LogP contribution in [-0.4, -0.2) is 32.0 Å². The van der Waals surface area contributed by atoms with Crippen LogP contribution in [0.15, 0.2) is 18.2 Å². The maximum absolute atomic E-state index is 11.8. The molecule has 1 aliphatic heterocycles. The van der Waals surface area contributed by atoms with Crippen LogP contribution in [0.4, 0.5) is 5.69 Å². The Kier molecular flexibility index (Phi) is 3.62. The molecule has 0 saturated carbocycles. The second kappa shape index (κ2) is 5.18. The third-order valence-corrected chi connectivity index (χ3v) is 3.06. The summed E-state index contributed by atoms with van der Waals surface area (Å²) in [6, 6.07) is 5.92. The van der Waals surface area contributed by atoms with Crippen LogP contribution in [-0.2, 0) is 22.4 Å². The van der Waals surface area contributed by atoms with Gasteiger partial charge in [-0.3, -0.25) is 9.59 Å². The first-order chi connectivity index (χ1) is 8.61. The fourth-order valence-electron chi connectivity index (χ4n) is 2.19. The average molecular weight is 247 g/mol. The van der Waals surface area contributed by atoms with Crippen molar-refractivity contribution in [1.82, 2.24) is 5.32 Å². The Bertz CT molecular complexity index is 485. The van der Waals surface area contributed by atoms with E-state index in [-0.39, 0.29) is 12.5 Å². The van der Waals surface area contributed by atoms with Crippen molar-refractivity contribution in [3.05, 3.63) is 29.3 Å². The summed E-state index contributed by atoms with van der Waals surface area (Å²) in [5.41, 5.74) is 8.13. The smallest absolute Gasteiger partial charge is 0.237 e. The van der Waals surface area contributed by atoms with Gasteiger partial charge in [-0.2, -0.15) is 0 Å². The van der Waals surface area contributed by atoms with E-state index in [0.29, 0.717) is 6.42 Å². The van der Waals surface area contributed by atoms with Crippen molar-refractivity contribution >= 4 is 17.5 Å². The summed E-state index contributed by atoms with van der Waals surface area (Å²) in [4.78, 5) is 24.2. The number of anilines is 1. The number of benzene rings is 1. The van der Waals surface area contributed by atoms with Gasteiger partial charge in [-0.25, -0.2) is 0 Å². The van der Waals surface area contributed by atoms with Crippen molar-refractivity contribution in [1.29, 1.82) is 0 Å². The Morgan fingerprint density at radius 1 is 1.50 bits per heavy atom. The molecule has 1 aromatic carbocycles. The molecule has 96 valence electrons. The van der Waals surface area contributed by atoms with E-state index in [9.17, 15) is 9.59 Å². The van der Waals surface area contributed by atoms with E-state index in [1.54, 1.807) is 0 Å². The minimum Gasteiger partial charge on any atom is -0.368 e. The molecule has 3 N–H and O–H groups in total. The number of likely N-dealkylation sites (N-methyl/N-ethyl adjacent to an activating group) is 1. The van der Waals surface area contributed by atoms with E-state index in [2.05, 4.69) is 5.32 Å². The predicted octanol–water partition coefficient (Wildman–Crippen LogP) is -0.177. The van der Waals surface area contributed by atoms with Gasteiger partial charge in [0, 0.05) is 5.69 Å². The number of primary amides is 1. The Labute approximate surface area is 106 Å². The van der Waals surface area contributed by atoms with Gasteiger partial charge in [-0.1, -0.05) is 12.1 Å². The highest BCUT2D eigenvalue weighted by Gasteiger charge is 2.28. The lowest BCUT2D eigenvalue weighted by Gasteiger charge is -2.15. The number of hydrogen-bond donors (Lipinski definition) is 2. The SMILES string of the molecule is CNCCc1ccc2c(c1)CC(=O)N2CC(N)=O. The van der Waals surface area contributed by atoms with Crippen LogP contribution in [0.1, 0.15) is 11.1 Å². The standard InChI is InChI=1S/C13H17N3O2/c1-15-5-4-9-2-3-11-10(6-9)7-13(18)16(11)8-12(14)17/h2-3,6,15H,4-5,7-8H2,1H3,(H2,14,17). The molecule has 2 rings (SSSR count). The van der Waals surface area contributed by atoms with E-state index >= 15 is 0 Å². The summed E-state index contributed by atoms with van der Waals surface area (Å²) in [6.07, 6.45) is 1.28. The maximum Gasteiger partial charge on any atom is 0.237 e. The second-order valence-corrected chi connectivity index (χ2v) is 4.44. The molecule has 0 unspecified atom stereocenters. The number of amides is 2. The van der Waals surface area contributed by atoms with Crippen LogP contribution in [0.25, 0.3) is 0 Å². The highest BCUT2D eigenvalue weighted by Crippen LogP contribution is 2.29. The molecule has 0 fully saturated rings. The van der Waals surface area contributed by atoms with Crippen LogP contribution in [0.5, 0.6) is 0 Å². The molecule has 5 heteroatoms. The average Bonchev–Trinajstić information content (AvgIpc) is 2.62. The monoisotopic (exact) mass is 247 g/mol. The number of fused-ring (bicyclic) bond motifs is 1. The highest BCUT2D eigenvalue weighted by atomic mass is 16.2. The molecule has 18 heavy (non-hydrogen) atoms. The molecule has 1 heterocycles. The summed E-state index contributed by atoms with van der Waals surface area (Å²) in [5.74, 6) is -0.551. The summed E-state index contributed by atoms with van der Waals surface area (Å²) >= 11 is 0. The normalized spacial score (nSPS) is 13.8. The minimum absolute atomic E-state index is 0.0400. The zero-order valence-corrected chi connectivity index (χ0v) is 10.4. The van der Waals surface area contributed by atoms with Crippen molar-refractivity contribution in [3.8, 4) is 0 Å². The fourth-order valence-corrected chi connectivity index (χ4v) is 2.19. The lowest BCUT2D eigenvalue weighted by Crippen LogP contribution is -2.35. The molecule has 0 bridgehead atoms. The second-order valence-electron chi connectivity index (χ2n) is 4.44. The molecular formula is C13H17N3O2. The molecule has 0 spiro atoms. The number of nitrogens with two attached hydrogens (primary N) is 1. The summed E-state index contributed by atoms with van der Waals surface area (Å²) in [7, 11) is 1.91. The van der Waals surface area contributed by atoms with Gasteiger partial charge < -0.3 is 16.0 Å². The number of rotatable bonds is 5. The molecule has 1 aliphatic rings. The van der Waals surface area contributed by atoms with Gasteiger partial charge in [0.1, 0.15) is 6.54 Å². The molecular weight excluding hydrogens is 230 g/mol. The molecule has 0 saturated heterocycles. The Balaban J connectivity index is 2.21. The Morgan fingerprint density at radius 2 is 2.28 bits per heavy atom. The van der Waals surface area contributed by atoms with E-state index in [4.69, 9.17) is 5.73 Å². The fraction of sp³-hybridized carbons (Fsp3) is 0.385. The molecule has 0 aromatic heterocycles. The minimum atomic E-state index is -0.490. The van der Waals surface area contributed by atoms with Crippen molar-refractivity contribution in [2.45, 2.75) is 12.8 Å². The predicted molar refractivity (Wildman–Crippen MR) is 69.3 cm³/mol. The summed E-state index contributed by atoms with van der Waals surface area (Å²) in [6.45, 7) is 0.861. The van der Waals surface area contributed by atoms with Gasteiger partial charge >= 0.3 is 0 Å². The van der Waals surface area contributed by atoms with Crippen molar-refractivity contribution in [2.24, 2.45) is 5.73 Å². The Hall–Kier alpha value is -1.88. The van der Waals surface area contributed by atoms with Crippen molar-refractivity contribution in [2.75, 3.05) is 25.0 Å². The molecule has 2 amide bonds. The Morgan fingerprint density at radius 3 is 2.94 bits per heavy atom. The summed E-state index contributed by atoms with van der Waals surface area (Å²) < 4.78 is 0. The first-order valence-electron chi connectivity index (χ1n) is 5.97. The van der Waals surface area contributed by atoms with E-state index < -0.39 is 5.91 Å². The quantitative estimate of drug-likeness (QED) is 0.758. The van der Waals surface area contributed by atoms with Gasteiger partial charge in [0.25, 0.3) is 0 Å². The lowest BCUT2D eigenvalue weighted by molar-refractivity contribution is -0.121. The largest absolute Gasteiger partial charge is 0.368 e. The third kappa shape index (κ3) is 2.51. The van der Waals surface area contributed by atoms with E-state index in [1.807, 2.05) is 25.2 Å². The first-order valence-corrected chi connectivity index (χ1v) is 5.97. The molecule has 5 nitrogen and oxygen atoms in total. The zero-order valence-electron chi connectivity index (χ0n) is 10.4. The van der Waals surface area contributed by atoms with Crippen molar-refractivity contribution in [3.63, 3.8) is 0 Å². The lowest BCUT2D eigenvalue weighted by atomic mass is 10.1. The molecule has 0 radical (unpaired) electrons. The van der Waals surface area contributed by atoms with E-state index in [0.717, 1.165) is 24.2 Å². The van der Waals surface area contributed by atoms with Gasteiger partial charge in [0.15, 0.2) is 0 Å². The molecule has 1 aromatic rings. The van der Waals surface area contributed by atoms with Gasteiger partial charge in [-0.15, -0.1) is 0 Å². The number of carbonyl (C=O) groups is 2. The number of hydrogen-bond acceptors (Lipinski definition) is 3. The number of nitrogens with zero attached hydrogens (tertiary/aromatic N) is 1. The maximum atomic E-state index is 11.8. The number of nitrogens with one attached hydrogen (secondary N) is 1. The van der Waals surface area contributed by atoms with E-state index in [1.165, 1.54) is 10.5 Å². The van der Waals surface area contributed by atoms with Crippen LogP contribution in [0.2, 0.25) is 0 Å².